The lowest BCUT2D eigenvalue weighted by atomic mass is 10.1. The molecule has 0 saturated heterocycles. The van der Waals surface area contributed by atoms with E-state index in [2.05, 4.69) is 20.6 Å². The number of anilines is 1. The number of thiazole rings is 1. The summed E-state index contributed by atoms with van der Waals surface area (Å²) in [7, 11) is 1.65. The number of methoxy groups -OCH3 is 1. The molecule has 0 unspecified atom stereocenters. The van der Waals surface area contributed by atoms with E-state index in [1.54, 1.807) is 43.8 Å². The van der Waals surface area contributed by atoms with Crippen molar-refractivity contribution >= 4 is 28.2 Å². The number of primary amides is 1. The summed E-state index contributed by atoms with van der Waals surface area (Å²) in [5, 5.41) is 6.88. The number of nitrogens with two attached hydrogens (primary N) is 1. The summed E-state index contributed by atoms with van der Waals surface area (Å²) < 4.78 is 4.99. The van der Waals surface area contributed by atoms with E-state index in [1.807, 2.05) is 12.1 Å². The lowest BCUT2D eigenvalue weighted by Crippen LogP contribution is -2.19. The lowest BCUT2D eigenvalue weighted by Gasteiger charge is -2.06. The first kappa shape index (κ1) is 20.6. The maximum absolute atomic E-state index is 12.6. The van der Waals surface area contributed by atoms with Crippen molar-refractivity contribution in [2.24, 2.45) is 5.73 Å². The monoisotopic (exact) mass is 411 g/mol. The highest BCUT2D eigenvalue weighted by molar-refractivity contribution is 7.19. The van der Waals surface area contributed by atoms with Crippen LogP contribution in [0.25, 0.3) is 10.6 Å². The number of amides is 2. The van der Waals surface area contributed by atoms with Gasteiger partial charge in [0.2, 0.25) is 0 Å². The van der Waals surface area contributed by atoms with Crippen LogP contribution in [0.5, 0.6) is 0 Å². The molecule has 150 valence electrons. The van der Waals surface area contributed by atoms with Crippen molar-refractivity contribution < 1.29 is 14.3 Å². The van der Waals surface area contributed by atoms with Crippen LogP contribution in [0.1, 0.15) is 26.4 Å². The molecule has 0 aliphatic rings. The number of ether oxygens (including phenoxy) is 1. The fourth-order valence-electron chi connectivity index (χ4n) is 2.55. The van der Waals surface area contributed by atoms with Crippen LogP contribution < -0.4 is 16.4 Å². The van der Waals surface area contributed by atoms with Gasteiger partial charge >= 0.3 is 0 Å². The van der Waals surface area contributed by atoms with Crippen molar-refractivity contribution in [2.45, 2.75) is 6.54 Å². The molecule has 0 radical (unpaired) electrons. The topological polar surface area (TPSA) is 119 Å². The molecule has 4 N–H and O–H groups in total. The Bertz CT molecular complexity index is 974. The van der Waals surface area contributed by atoms with Crippen LogP contribution in [0.15, 0.2) is 48.8 Å². The fourth-order valence-corrected chi connectivity index (χ4v) is 3.52. The minimum atomic E-state index is -0.700. The first-order valence-corrected chi connectivity index (χ1v) is 9.71. The van der Waals surface area contributed by atoms with E-state index in [1.165, 1.54) is 11.3 Å². The molecule has 0 atom stereocenters. The normalized spacial score (nSPS) is 10.7. The van der Waals surface area contributed by atoms with Crippen LogP contribution >= 0.6 is 11.3 Å². The van der Waals surface area contributed by atoms with Crippen LogP contribution in [-0.2, 0) is 11.3 Å². The number of aromatic nitrogens is 2. The average Bonchev–Trinajstić information content (AvgIpc) is 3.16. The zero-order valence-electron chi connectivity index (χ0n) is 15.8. The first-order chi connectivity index (χ1) is 14.1. The van der Waals surface area contributed by atoms with Crippen LogP contribution in [0.3, 0.4) is 0 Å². The summed E-state index contributed by atoms with van der Waals surface area (Å²) >= 11 is 1.19. The Morgan fingerprint density at radius 1 is 1.14 bits per heavy atom. The van der Waals surface area contributed by atoms with Crippen LogP contribution in [-0.4, -0.2) is 42.0 Å². The molecule has 0 fully saturated rings. The van der Waals surface area contributed by atoms with Gasteiger partial charge < -0.3 is 21.1 Å². The summed E-state index contributed by atoms with van der Waals surface area (Å²) in [6.07, 6.45) is 3.26. The van der Waals surface area contributed by atoms with E-state index >= 15 is 0 Å². The van der Waals surface area contributed by atoms with Crippen molar-refractivity contribution in [1.82, 2.24) is 15.3 Å². The highest BCUT2D eigenvalue weighted by Gasteiger charge is 2.19. The average molecular weight is 411 g/mol. The molecule has 9 heteroatoms. The molecule has 3 rings (SSSR count). The molecule has 2 amide bonds. The highest BCUT2D eigenvalue weighted by atomic mass is 32.1. The third-order valence-corrected chi connectivity index (χ3v) is 5.06. The van der Waals surface area contributed by atoms with Crippen LogP contribution in [0, 0.1) is 0 Å². The van der Waals surface area contributed by atoms with Gasteiger partial charge in [0.15, 0.2) is 5.69 Å². The van der Waals surface area contributed by atoms with E-state index in [0.29, 0.717) is 28.7 Å². The molecular formula is C20H21N5O3S. The second-order valence-electron chi connectivity index (χ2n) is 6.12. The van der Waals surface area contributed by atoms with Gasteiger partial charge in [-0.15, -0.1) is 0 Å². The minimum absolute atomic E-state index is 0.0362. The van der Waals surface area contributed by atoms with Gasteiger partial charge in [0.25, 0.3) is 11.8 Å². The van der Waals surface area contributed by atoms with Gasteiger partial charge in [-0.2, -0.15) is 0 Å². The third kappa shape index (κ3) is 5.44. The number of nitrogens with one attached hydrogen (secondary N) is 2. The van der Waals surface area contributed by atoms with Gasteiger partial charge in [-0.05, 0) is 29.8 Å². The fraction of sp³-hybridized carbons (Fsp3) is 0.200. The molecule has 0 spiro atoms. The number of carbonyl (C=O) groups is 2. The molecule has 1 aromatic carbocycles. The second-order valence-corrected chi connectivity index (χ2v) is 7.12. The largest absolute Gasteiger partial charge is 0.383 e. The van der Waals surface area contributed by atoms with Crippen LogP contribution in [0.2, 0.25) is 0 Å². The molecule has 2 aromatic heterocycles. The maximum atomic E-state index is 12.6. The SMILES string of the molecule is COCCNCc1ccc(C(=O)Nc2sc(-c3ccncc3)nc2C(N)=O)cc1. The third-order valence-electron chi connectivity index (χ3n) is 4.04. The Hall–Kier alpha value is -3.14. The first-order valence-electron chi connectivity index (χ1n) is 8.89. The highest BCUT2D eigenvalue weighted by Crippen LogP contribution is 2.32. The van der Waals surface area contributed by atoms with Gasteiger partial charge in [0.05, 0.1) is 6.61 Å². The number of hydrogen-bond donors (Lipinski definition) is 3. The smallest absolute Gasteiger partial charge is 0.270 e. The predicted molar refractivity (Wildman–Crippen MR) is 112 cm³/mol. The molecular weight excluding hydrogens is 390 g/mol. The molecule has 3 aromatic rings. The predicted octanol–water partition coefficient (Wildman–Crippen LogP) is 2.29. The Labute approximate surface area is 172 Å². The van der Waals surface area contributed by atoms with Gasteiger partial charge in [-0.25, -0.2) is 4.98 Å². The number of benzene rings is 1. The molecule has 0 bridgehead atoms. The summed E-state index contributed by atoms with van der Waals surface area (Å²) in [6, 6.07) is 10.8. The zero-order chi connectivity index (χ0) is 20.6. The Kier molecular flexibility index (Phi) is 7.01. The van der Waals surface area contributed by atoms with Gasteiger partial charge in [-0.3, -0.25) is 14.6 Å². The van der Waals surface area contributed by atoms with Crippen LogP contribution in [0.4, 0.5) is 5.00 Å². The summed E-state index contributed by atoms with van der Waals surface area (Å²) in [6.45, 7) is 2.07. The van der Waals surface area contributed by atoms with E-state index in [9.17, 15) is 9.59 Å². The van der Waals surface area contributed by atoms with Crippen molar-refractivity contribution in [2.75, 3.05) is 25.6 Å². The molecule has 0 saturated carbocycles. The number of nitrogens with zero attached hydrogens (tertiary/aromatic N) is 2. The number of rotatable bonds is 9. The molecule has 2 heterocycles. The van der Waals surface area contributed by atoms with Crippen molar-refractivity contribution in [1.29, 1.82) is 0 Å². The Balaban J connectivity index is 1.71. The maximum Gasteiger partial charge on any atom is 0.270 e. The standard InChI is InChI=1S/C20H21N5O3S/c1-28-11-10-23-12-13-2-4-14(5-3-13)18(27)25-20-16(17(21)26)24-19(29-20)15-6-8-22-9-7-15/h2-9,23H,10-12H2,1H3,(H2,21,26)(H,25,27). The van der Waals surface area contributed by atoms with Crippen molar-refractivity contribution in [3.63, 3.8) is 0 Å². The lowest BCUT2D eigenvalue weighted by molar-refractivity contribution is 0.0997. The zero-order valence-corrected chi connectivity index (χ0v) is 16.7. The van der Waals surface area contributed by atoms with Gasteiger partial charge in [0, 0.05) is 43.7 Å². The number of hydrogen-bond acceptors (Lipinski definition) is 7. The summed E-state index contributed by atoms with van der Waals surface area (Å²) in [5.41, 5.74) is 7.78. The van der Waals surface area contributed by atoms with Crippen molar-refractivity contribution in [3.8, 4) is 10.6 Å². The molecule has 0 aliphatic carbocycles. The van der Waals surface area contributed by atoms with E-state index in [-0.39, 0.29) is 11.6 Å². The summed E-state index contributed by atoms with van der Waals surface area (Å²) in [5.74, 6) is -1.04. The van der Waals surface area contributed by atoms with E-state index in [0.717, 1.165) is 17.7 Å². The van der Waals surface area contributed by atoms with E-state index in [4.69, 9.17) is 10.5 Å². The molecule has 29 heavy (non-hydrogen) atoms. The molecule has 0 aliphatic heterocycles. The minimum Gasteiger partial charge on any atom is -0.383 e. The molecule has 8 nitrogen and oxygen atoms in total. The van der Waals surface area contributed by atoms with E-state index < -0.39 is 5.91 Å². The second kappa shape index (κ2) is 9.87. The van der Waals surface area contributed by atoms with Gasteiger partial charge in [-0.1, -0.05) is 23.5 Å². The quantitative estimate of drug-likeness (QED) is 0.465. The Morgan fingerprint density at radius 2 is 1.86 bits per heavy atom. The van der Waals surface area contributed by atoms with Crippen molar-refractivity contribution in [3.05, 3.63) is 65.6 Å². The van der Waals surface area contributed by atoms with Gasteiger partial charge in [0.1, 0.15) is 10.0 Å². The summed E-state index contributed by atoms with van der Waals surface area (Å²) in [4.78, 5) is 32.6. The Morgan fingerprint density at radius 3 is 2.52 bits per heavy atom. The number of pyridine rings is 1. The number of carbonyl (C=O) groups excluding carboxylic acids is 2.